The normalized spacial score (nSPS) is 17.1. The lowest BCUT2D eigenvalue weighted by Gasteiger charge is -2.32. The maximum absolute atomic E-state index is 12.1. The van der Waals surface area contributed by atoms with Crippen LogP contribution in [0.2, 0.25) is 5.02 Å². The van der Waals surface area contributed by atoms with Crippen LogP contribution in [0.5, 0.6) is 11.5 Å². The Balaban J connectivity index is 0.000000252. The van der Waals surface area contributed by atoms with E-state index < -0.39 is 21.0 Å². The lowest BCUT2D eigenvalue weighted by molar-refractivity contribution is -0.385. The van der Waals surface area contributed by atoms with Gasteiger partial charge in [0.1, 0.15) is 11.2 Å². The van der Waals surface area contributed by atoms with Gasteiger partial charge in [0.25, 0.3) is 0 Å². The monoisotopic (exact) mass is 858 g/mol. The Kier molecular flexibility index (Phi) is 16.2. The molecule has 2 amide bonds. The minimum absolute atomic E-state index is 0.0458. The highest BCUT2D eigenvalue weighted by Crippen LogP contribution is 2.40. The predicted molar refractivity (Wildman–Crippen MR) is 231 cm³/mol. The van der Waals surface area contributed by atoms with Gasteiger partial charge in [0.15, 0.2) is 11.5 Å². The molecule has 330 valence electrons. The number of hydrogen-bond donors (Lipinski definition) is 0. The molecule has 0 bridgehead atoms. The Bertz CT molecular complexity index is 1970. The lowest BCUT2D eigenvalue weighted by atomic mass is 9.75. The molecule has 3 heterocycles. The predicted octanol–water partition coefficient (Wildman–Crippen LogP) is 9.69. The van der Waals surface area contributed by atoms with Crippen LogP contribution in [-0.2, 0) is 18.8 Å². The first-order valence-electron chi connectivity index (χ1n) is 19.6. The SMILES string of the molecule is CC(C)(C)OC(=O)N1CC=C(B2OC(C)(C)C(C)(C)O2)CC1.COc1cc(C2=CCN(C(=O)OC(C)(C)C)CC2)c(C)cc1[N+](=O)[O-].COc1cc(Cl)c(C)cc1[N+](=O)[O-]. The second kappa shape index (κ2) is 19.7. The van der Waals surface area contributed by atoms with Gasteiger partial charge in [-0.1, -0.05) is 23.8 Å². The molecule has 2 aromatic carbocycles. The molecule has 0 atom stereocenters. The highest BCUT2D eigenvalue weighted by molar-refractivity contribution is 6.54. The van der Waals surface area contributed by atoms with Crippen LogP contribution in [0.3, 0.4) is 0 Å². The molecular formula is C42H60BClN4O12. The van der Waals surface area contributed by atoms with Gasteiger partial charge >= 0.3 is 30.7 Å². The molecule has 1 saturated heterocycles. The summed E-state index contributed by atoms with van der Waals surface area (Å²) in [5.74, 6) is 0.418. The summed E-state index contributed by atoms with van der Waals surface area (Å²) in [5, 5.41) is 22.1. The molecule has 0 spiro atoms. The van der Waals surface area contributed by atoms with Crippen molar-refractivity contribution in [1.82, 2.24) is 9.80 Å². The van der Waals surface area contributed by atoms with Crippen molar-refractivity contribution >= 4 is 47.9 Å². The van der Waals surface area contributed by atoms with Crippen LogP contribution >= 0.6 is 11.6 Å². The van der Waals surface area contributed by atoms with E-state index in [1.807, 2.05) is 88.3 Å². The molecule has 16 nitrogen and oxygen atoms in total. The number of ether oxygens (including phenoxy) is 4. The summed E-state index contributed by atoms with van der Waals surface area (Å²) in [6.45, 7) is 25.0. The maximum atomic E-state index is 12.1. The molecule has 3 aliphatic heterocycles. The minimum atomic E-state index is -0.524. The molecule has 0 aromatic heterocycles. The topological polar surface area (TPSA) is 182 Å². The summed E-state index contributed by atoms with van der Waals surface area (Å²) >= 11 is 5.77. The average Bonchev–Trinajstić information content (AvgIpc) is 3.37. The number of nitro groups is 2. The van der Waals surface area contributed by atoms with Crippen molar-refractivity contribution in [3.05, 3.63) is 83.8 Å². The van der Waals surface area contributed by atoms with E-state index in [2.05, 4.69) is 0 Å². The van der Waals surface area contributed by atoms with Crippen molar-refractivity contribution in [1.29, 1.82) is 0 Å². The van der Waals surface area contributed by atoms with E-state index in [1.54, 1.807) is 22.8 Å². The van der Waals surface area contributed by atoms with Crippen molar-refractivity contribution in [3.63, 3.8) is 0 Å². The molecule has 0 unspecified atom stereocenters. The summed E-state index contributed by atoms with van der Waals surface area (Å²) in [7, 11) is 2.47. The molecule has 3 aliphatic rings. The van der Waals surface area contributed by atoms with Crippen molar-refractivity contribution in [2.45, 2.75) is 118 Å². The van der Waals surface area contributed by atoms with E-state index in [9.17, 15) is 29.8 Å². The van der Waals surface area contributed by atoms with Gasteiger partial charge in [-0.25, -0.2) is 9.59 Å². The van der Waals surface area contributed by atoms with Crippen LogP contribution in [0.4, 0.5) is 21.0 Å². The van der Waals surface area contributed by atoms with Crippen molar-refractivity contribution in [3.8, 4) is 11.5 Å². The second-order valence-corrected chi connectivity index (χ2v) is 18.0. The van der Waals surface area contributed by atoms with Gasteiger partial charge < -0.3 is 38.1 Å². The van der Waals surface area contributed by atoms with E-state index in [0.717, 1.165) is 28.6 Å². The van der Waals surface area contributed by atoms with Crippen LogP contribution in [-0.4, -0.2) is 102 Å². The van der Waals surface area contributed by atoms with E-state index in [1.165, 1.54) is 32.4 Å². The number of rotatable bonds is 6. The zero-order valence-electron chi connectivity index (χ0n) is 37.3. The molecule has 60 heavy (non-hydrogen) atoms. The Labute approximate surface area is 358 Å². The quantitative estimate of drug-likeness (QED) is 0.153. The van der Waals surface area contributed by atoms with E-state index in [-0.39, 0.29) is 53.4 Å². The first-order chi connectivity index (χ1) is 27.6. The van der Waals surface area contributed by atoms with Crippen LogP contribution in [0.25, 0.3) is 5.57 Å². The van der Waals surface area contributed by atoms with Crippen LogP contribution in [0.1, 0.15) is 98.8 Å². The summed E-state index contributed by atoms with van der Waals surface area (Å²) < 4.78 is 32.9. The van der Waals surface area contributed by atoms with Crippen molar-refractivity contribution in [2.75, 3.05) is 40.4 Å². The fourth-order valence-electron chi connectivity index (χ4n) is 6.07. The van der Waals surface area contributed by atoms with Crippen molar-refractivity contribution in [2.24, 2.45) is 0 Å². The first kappa shape index (κ1) is 49.5. The molecule has 0 saturated carbocycles. The number of halogens is 1. The molecule has 0 aliphatic carbocycles. The maximum Gasteiger partial charge on any atom is 0.490 e. The number of amides is 2. The fourth-order valence-corrected chi connectivity index (χ4v) is 6.22. The number of carbonyl (C=O) groups excluding carboxylic acids is 2. The van der Waals surface area contributed by atoms with Gasteiger partial charge in [0.2, 0.25) is 0 Å². The fraction of sp³-hybridized carbons (Fsp3) is 0.571. The number of carbonyl (C=O) groups is 2. The third-order valence-electron chi connectivity index (χ3n) is 10.0. The standard InChI is InChI=1S/C18H24N2O5.C16H28BNO4.C8H8ClNO3/c1-12-10-15(20(22)23)16(24-5)11-14(12)13-6-8-19(9-7-13)17(21)25-18(2,3)4;1-14(2,3)20-13(19)18-10-8-12(9-11-18)17-21-15(4,5)16(6,7)22-17;1-5-3-7(10(11)12)8(13-2)4-6(5)9/h6,10-11H,7-9H2,1-5H3;8H,9-11H2,1-7H3;3-4H,1-2H3. The second-order valence-electron chi connectivity index (χ2n) is 17.6. The summed E-state index contributed by atoms with van der Waals surface area (Å²) in [6.07, 6.45) is 4.78. The minimum Gasteiger partial charge on any atom is -0.490 e. The Morgan fingerprint density at radius 2 is 1.17 bits per heavy atom. The number of aryl methyl sites for hydroxylation is 2. The van der Waals surface area contributed by atoms with Gasteiger partial charge in [-0.15, -0.1) is 0 Å². The summed E-state index contributed by atoms with van der Waals surface area (Å²) in [5.41, 5.74) is 2.77. The molecule has 1 fully saturated rings. The number of hydrogen-bond acceptors (Lipinski definition) is 12. The van der Waals surface area contributed by atoms with Crippen molar-refractivity contribution < 1.29 is 47.7 Å². The number of nitrogens with zero attached hydrogens (tertiary/aromatic N) is 4. The molecule has 0 N–H and O–H groups in total. The smallest absolute Gasteiger partial charge is 0.490 e. The third kappa shape index (κ3) is 13.3. The van der Waals surface area contributed by atoms with Gasteiger partial charge in [0.05, 0.1) is 35.3 Å². The Morgan fingerprint density at radius 1 is 0.733 bits per heavy atom. The third-order valence-corrected chi connectivity index (χ3v) is 10.4. The van der Waals surface area contributed by atoms with Gasteiger partial charge in [-0.05, 0) is 130 Å². The highest BCUT2D eigenvalue weighted by atomic mass is 35.5. The van der Waals surface area contributed by atoms with E-state index in [4.69, 9.17) is 39.9 Å². The van der Waals surface area contributed by atoms with Crippen LogP contribution in [0.15, 0.2) is 41.9 Å². The van der Waals surface area contributed by atoms with E-state index in [0.29, 0.717) is 43.2 Å². The average molecular weight is 859 g/mol. The van der Waals surface area contributed by atoms with Gasteiger partial charge in [0, 0.05) is 49.4 Å². The summed E-state index contributed by atoms with van der Waals surface area (Å²) in [6, 6.07) is 6.05. The molecule has 18 heteroatoms. The van der Waals surface area contributed by atoms with Gasteiger partial charge in [-0.2, -0.15) is 0 Å². The first-order valence-corrected chi connectivity index (χ1v) is 20.0. The highest BCUT2D eigenvalue weighted by Gasteiger charge is 2.52. The zero-order valence-corrected chi connectivity index (χ0v) is 38.1. The number of methoxy groups -OCH3 is 2. The number of nitro benzene ring substituents is 2. The molecule has 5 rings (SSSR count). The Morgan fingerprint density at radius 3 is 1.55 bits per heavy atom. The largest absolute Gasteiger partial charge is 0.490 e. The number of benzene rings is 2. The zero-order chi connectivity index (χ0) is 45.5. The molecule has 2 aromatic rings. The molecule has 0 radical (unpaired) electrons. The van der Waals surface area contributed by atoms with Crippen LogP contribution in [0, 0.1) is 34.1 Å². The van der Waals surface area contributed by atoms with E-state index >= 15 is 0 Å². The lowest BCUT2D eigenvalue weighted by Crippen LogP contribution is -2.41. The summed E-state index contributed by atoms with van der Waals surface area (Å²) in [4.78, 5) is 48.2. The Hall–Kier alpha value is -4.87. The molecular weight excluding hydrogens is 799 g/mol. The van der Waals surface area contributed by atoms with Crippen LogP contribution < -0.4 is 9.47 Å². The van der Waals surface area contributed by atoms with Gasteiger partial charge in [-0.3, -0.25) is 20.2 Å².